The highest BCUT2D eigenvalue weighted by atomic mass is 16.1. The number of nitrogens with one attached hydrogen (secondary N) is 1. The highest BCUT2D eigenvalue weighted by molar-refractivity contribution is 5.77. The maximum atomic E-state index is 12.8. The lowest BCUT2D eigenvalue weighted by atomic mass is 9.73. The van der Waals surface area contributed by atoms with Crippen molar-refractivity contribution >= 4 is 23.1 Å². The van der Waals surface area contributed by atoms with Crippen LogP contribution in [0.2, 0.25) is 0 Å². The topological polar surface area (TPSA) is 101 Å². The maximum Gasteiger partial charge on any atom is 0.258 e. The van der Waals surface area contributed by atoms with Crippen molar-refractivity contribution in [2.45, 2.75) is 40.5 Å². The highest BCUT2D eigenvalue weighted by Crippen LogP contribution is 2.36. The number of nitrogens with zero attached hydrogens (tertiary/aromatic N) is 5. The second-order valence-corrected chi connectivity index (χ2v) is 8.77. The first-order valence-electron chi connectivity index (χ1n) is 11.7. The summed E-state index contributed by atoms with van der Waals surface area (Å²) in [5.41, 5.74) is 11.4. The third kappa shape index (κ3) is 4.61. The van der Waals surface area contributed by atoms with Crippen molar-refractivity contribution in [3.63, 3.8) is 0 Å². The molecule has 0 bridgehead atoms. The molecule has 3 aromatic rings. The molecule has 2 aliphatic heterocycles. The molecule has 2 aliphatic rings. The minimum atomic E-state index is -0.151. The van der Waals surface area contributed by atoms with E-state index in [1.165, 1.54) is 18.9 Å². The van der Waals surface area contributed by atoms with Crippen molar-refractivity contribution < 1.29 is 0 Å². The SMILES string of the molecule is CC.Cc1cnc(/C=C(\N)c2cc(=O)n3cc(N4CCC5(CC4)CNC5)ccc3n2)c(C)n1. The van der Waals surface area contributed by atoms with Crippen molar-refractivity contribution in [2.75, 3.05) is 31.1 Å². The molecule has 1 spiro atoms. The summed E-state index contributed by atoms with van der Waals surface area (Å²) in [5, 5.41) is 3.40. The van der Waals surface area contributed by atoms with Crippen LogP contribution >= 0.6 is 0 Å². The van der Waals surface area contributed by atoms with Gasteiger partial charge in [0.05, 0.1) is 34.2 Å². The normalized spacial score (nSPS) is 17.5. The molecule has 3 N–H and O–H groups in total. The number of hydrogen-bond donors (Lipinski definition) is 2. The Morgan fingerprint density at radius 3 is 2.52 bits per heavy atom. The number of piperidine rings is 1. The zero-order valence-electron chi connectivity index (χ0n) is 19.9. The molecular weight excluding hydrogens is 414 g/mol. The van der Waals surface area contributed by atoms with Gasteiger partial charge in [0.25, 0.3) is 5.56 Å². The number of anilines is 1. The molecule has 3 aromatic heterocycles. The molecule has 0 saturated carbocycles. The predicted octanol–water partition coefficient (Wildman–Crippen LogP) is 2.77. The lowest BCUT2D eigenvalue weighted by Crippen LogP contribution is -2.58. The lowest BCUT2D eigenvalue weighted by molar-refractivity contribution is 0.126. The van der Waals surface area contributed by atoms with Gasteiger partial charge in [0, 0.05) is 44.6 Å². The van der Waals surface area contributed by atoms with Gasteiger partial charge in [-0.2, -0.15) is 0 Å². The van der Waals surface area contributed by atoms with Crippen molar-refractivity contribution in [3.8, 4) is 0 Å². The summed E-state index contributed by atoms with van der Waals surface area (Å²) < 4.78 is 1.60. The number of hydrogen-bond acceptors (Lipinski definition) is 7. The third-order valence-electron chi connectivity index (χ3n) is 6.53. The van der Waals surface area contributed by atoms with Gasteiger partial charge in [0.15, 0.2) is 0 Å². The maximum absolute atomic E-state index is 12.8. The molecular formula is C25H33N7O. The molecule has 2 saturated heterocycles. The van der Waals surface area contributed by atoms with E-state index >= 15 is 0 Å². The Morgan fingerprint density at radius 2 is 1.88 bits per heavy atom. The average molecular weight is 448 g/mol. The molecule has 8 nitrogen and oxygen atoms in total. The van der Waals surface area contributed by atoms with Gasteiger partial charge in [-0.25, -0.2) is 4.98 Å². The van der Waals surface area contributed by atoms with Gasteiger partial charge in [-0.1, -0.05) is 13.8 Å². The minimum absolute atomic E-state index is 0.151. The average Bonchev–Trinajstić information content (AvgIpc) is 2.81. The van der Waals surface area contributed by atoms with Crippen LogP contribution in [0.1, 0.15) is 49.5 Å². The van der Waals surface area contributed by atoms with Crippen molar-refractivity contribution in [2.24, 2.45) is 11.1 Å². The van der Waals surface area contributed by atoms with Crippen LogP contribution in [-0.4, -0.2) is 45.5 Å². The van der Waals surface area contributed by atoms with E-state index in [0.29, 0.717) is 28.1 Å². The molecule has 33 heavy (non-hydrogen) atoms. The van der Waals surface area contributed by atoms with Gasteiger partial charge in [0.2, 0.25) is 0 Å². The summed E-state index contributed by atoms with van der Waals surface area (Å²) >= 11 is 0. The van der Waals surface area contributed by atoms with E-state index in [-0.39, 0.29) is 5.56 Å². The smallest absolute Gasteiger partial charge is 0.258 e. The van der Waals surface area contributed by atoms with Crippen LogP contribution in [0.4, 0.5) is 5.69 Å². The van der Waals surface area contributed by atoms with Gasteiger partial charge < -0.3 is 16.0 Å². The number of fused-ring (bicyclic) bond motifs is 1. The highest BCUT2D eigenvalue weighted by Gasteiger charge is 2.39. The van der Waals surface area contributed by atoms with Gasteiger partial charge in [-0.15, -0.1) is 0 Å². The summed E-state index contributed by atoms with van der Waals surface area (Å²) in [7, 11) is 0. The van der Waals surface area contributed by atoms with Crippen molar-refractivity contribution in [3.05, 3.63) is 63.7 Å². The van der Waals surface area contributed by atoms with E-state index in [2.05, 4.69) is 25.2 Å². The Bertz CT molecular complexity index is 1230. The second kappa shape index (κ2) is 9.31. The first-order valence-corrected chi connectivity index (χ1v) is 11.7. The number of aromatic nitrogens is 4. The Balaban J connectivity index is 0.00000126. The van der Waals surface area contributed by atoms with Crippen LogP contribution in [0.15, 0.2) is 35.4 Å². The summed E-state index contributed by atoms with van der Waals surface area (Å²) in [4.78, 5) is 28.6. The quantitative estimate of drug-likeness (QED) is 0.637. The first kappa shape index (κ1) is 22.9. The van der Waals surface area contributed by atoms with Crippen molar-refractivity contribution in [1.29, 1.82) is 0 Å². The molecule has 2 fully saturated rings. The predicted molar refractivity (Wildman–Crippen MR) is 133 cm³/mol. The van der Waals surface area contributed by atoms with Gasteiger partial charge in [-0.3, -0.25) is 19.2 Å². The third-order valence-corrected chi connectivity index (χ3v) is 6.53. The van der Waals surface area contributed by atoms with Gasteiger partial charge in [-0.05, 0) is 50.3 Å². The van der Waals surface area contributed by atoms with Crippen LogP contribution in [0.3, 0.4) is 0 Å². The summed E-state index contributed by atoms with van der Waals surface area (Å²) in [5.74, 6) is 0. The molecule has 0 aliphatic carbocycles. The lowest BCUT2D eigenvalue weighted by Gasteiger charge is -2.48. The second-order valence-electron chi connectivity index (χ2n) is 8.77. The van der Waals surface area contributed by atoms with E-state index in [4.69, 9.17) is 5.73 Å². The molecule has 5 heterocycles. The van der Waals surface area contributed by atoms with Crippen LogP contribution in [0, 0.1) is 19.3 Å². The van der Waals surface area contributed by atoms with Crippen LogP contribution < -0.4 is 21.5 Å². The summed E-state index contributed by atoms with van der Waals surface area (Å²) in [6, 6.07) is 5.41. The van der Waals surface area contributed by atoms with Crippen molar-refractivity contribution in [1.82, 2.24) is 24.7 Å². The Labute approximate surface area is 194 Å². The van der Waals surface area contributed by atoms with E-state index in [1.54, 1.807) is 16.7 Å². The van der Waals surface area contributed by atoms with Gasteiger partial charge >= 0.3 is 0 Å². The molecule has 5 rings (SSSR count). The van der Waals surface area contributed by atoms with Crippen LogP contribution in [0.25, 0.3) is 17.4 Å². The molecule has 0 unspecified atom stereocenters. The molecule has 0 amide bonds. The first-order chi connectivity index (χ1) is 15.9. The van der Waals surface area contributed by atoms with E-state index in [1.807, 2.05) is 46.0 Å². The standard InChI is InChI=1S/C23H27N7O.C2H6/c1-15-11-26-19(16(2)27-15)9-18(24)20-10-22(31)30-12-17(3-4-21(30)28-20)29-7-5-23(6-8-29)13-25-14-23;1-2/h3-4,9-12,25H,5-8,13-14,24H2,1-2H3;1-2H3/b18-9-;. The Morgan fingerprint density at radius 1 is 1.15 bits per heavy atom. The fourth-order valence-electron chi connectivity index (χ4n) is 4.47. The van der Waals surface area contributed by atoms with Gasteiger partial charge in [0.1, 0.15) is 5.65 Å². The Kier molecular flexibility index (Phi) is 6.47. The monoisotopic (exact) mass is 447 g/mol. The zero-order chi connectivity index (χ0) is 23.6. The fraction of sp³-hybridized carbons (Fsp3) is 0.440. The number of aryl methyl sites for hydroxylation is 2. The summed E-state index contributed by atoms with van der Waals surface area (Å²) in [6.45, 7) is 12.1. The zero-order valence-corrected chi connectivity index (χ0v) is 19.9. The van der Waals surface area contributed by atoms with E-state index in [9.17, 15) is 4.79 Å². The van der Waals surface area contributed by atoms with Crippen LogP contribution in [-0.2, 0) is 0 Å². The Hall–Kier alpha value is -3.26. The number of rotatable bonds is 3. The summed E-state index contributed by atoms with van der Waals surface area (Å²) in [6.07, 6.45) is 7.67. The largest absolute Gasteiger partial charge is 0.397 e. The van der Waals surface area contributed by atoms with E-state index in [0.717, 1.165) is 43.3 Å². The molecule has 0 atom stereocenters. The van der Waals surface area contributed by atoms with Crippen LogP contribution in [0.5, 0.6) is 0 Å². The number of pyridine rings is 1. The number of nitrogens with two attached hydrogens (primary N) is 1. The molecule has 174 valence electrons. The molecule has 8 heteroatoms. The van der Waals surface area contributed by atoms with E-state index < -0.39 is 0 Å². The molecule has 0 radical (unpaired) electrons. The molecule has 0 aromatic carbocycles. The minimum Gasteiger partial charge on any atom is -0.397 e. The fourth-order valence-corrected chi connectivity index (χ4v) is 4.47.